The van der Waals surface area contributed by atoms with Crippen LogP contribution in [0, 0.1) is 5.92 Å². The van der Waals surface area contributed by atoms with Gasteiger partial charge in [0.05, 0.1) is 0 Å². The number of aromatic nitrogens is 1. The van der Waals surface area contributed by atoms with E-state index in [9.17, 15) is 4.79 Å². The average molecular weight is 309 g/mol. The van der Waals surface area contributed by atoms with E-state index in [0.29, 0.717) is 16.6 Å². The van der Waals surface area contributed by atoms with Gasteiger partial charge in [0.25, 0.3) is 5.91 Å². The first-order valence-electron chi connectivity index (χ1n) is 7.53. The smallest absolute Gasteiger partial charge is 0.267 e. The number of likely N-dealkylation sites (N-methyl/N-ethyl adjacent to an activating group) is 1. The van der Waals surface area contributed by atoms with E-state index in [4.69, 9.17) is 5.73 Å². The second kappa shape index (κ2) is 5.81. The van der Waals surface area contributed by atoms with E-state index in [1.54, 1.807) is 0 Å². The first-order chi connectivity index (χ1) is 10.0. The number of nitrogens with two attached hydrogens (primary N) is 1. The topological polar surface area (TPSA) is 65.7 Å². The van der Waals surface area contributed by atoms with E-state index in [0.717, 1.165) is 50.8 Å². The molecule has 0 spiro atoms. The van der Waals surface area contributed by atoms with Gasteiger partial charge in [-0.15, -0.1) is 0 Å². The van der Waals surface area contributed by atoms with Crippen LogP contribution in [0.25, 0.3) is 0 Å². The molecule has 2 aliphatic rings. The lowest BCUT2D eigenvalue weighted by molar-refractivity contribution is 0.0793. The Balaban J connectivity index is 1.73. The van der Waals surface area contributed by atoms with Crippen molar-refractivity contribution in [1.29, 1.82) is 0 Å². The van der Waals surface area contributed by atoms with Crippen LogP contribution in [0.3, 0.4) is 0 Å². The quantitative estimate of drug-likeness (QED) is 0.881. The molecule has 0 bridgehead atoms. The lowest BCUT2D eigenvalue weighted by Crippen LogP contribution is -2.44. The lowest BCUT2D eigenvalue weighted by Gasteiger charge is -2.32. The van der Waals surface area contributed by atoms with E-state index in [2.05, 4.69) is 28.8 Å². The van der Waals surface area contributed by atoms with Crippen molar-refractivity contribution in [3.63, 3.8) is 0 Å². The fourth-order valence-electron chi connectivity index (χ4n) is 2.87. The summed E-state index contributed by atoms with van der Waals surface area (Å²) in [5.74, 6) is 1.02. The van der Waals surface area contributed by atoms with Crippen molar-refractivity contribution in [3.05, 3.63) is 4.88 Å². The van der Waals surface area contributed by atoms with E-state index in [1.807, 2.05) is 4.90 Å². The summed E-state index contributed by atoms with van der Waals surface area (Å²) in [6.45, 7) is 7.77. The van der Waals surface area contributed by atoms with Gasteiger partial charge in [-0.25, -0.2) is 4.98 Å². The van der Waals surface area contributed by atoms with Crippen molar-refractivity contribution in [1.82, 2.24) is 14.8 Å². The molecule has 0 radical (unpaired) electrons. The van der Waals surface area contributed by atoms with Gasteiger partial charge in [-0.2, -0.15) is 0 Å². The molecule has 0 aromatic carbocycles. The molecule has 1 aromatic rings. The van der Waals surface area contributed by atoms with Gasteiger partial charge >= 0.3 is 0 Å². The number of hydrogen-bond acceptors (Lipinski definition) is 6. The Morgan fingerprint density at radius 1 is 1.29 bits per heavy atom. The summed E-state index contributed by atoms with van der Waals surface area (Å²) in [6, 6.07) is 0. The van der Waals surface area contributed by atoms with Gasteiger partial charge in [0.1, 0.15) is 10.7 Å². The molecule has 3 heterocycles. The number of carbonyl (C=O) groups is 1. The SMILES string of the molecule is CC1CCN(C(=O)c2sc(N3CCN(C)CC3)nc2N)C1. The van der Waals surface area contributed by atoms with Gasteiger partial charge in [-0.3, -0.25) is 4.79 Å². The van der Waals surface area contributed by atoms with Crippen LogP contribution >= 0.6 is 11.3 Å². The predicted octanol–water partition coefficient (Wildman–Crippen LogP) is 0.959. The zero-order valence-corrected chi connectivity index (χ0v) is 13.5. The Hall–Kier alpha value is -1.34. The highest BCUT2D eigenvalue weighted by atomic mass is 32.1. The zero-order chi connectivity index (χ0) is 15.0. The van der Waals surface area contributed by atoms with Crippen LogP contribution in [0.15, 0.2) is 0 Å². The second-order valence-corrected chi connectivity index (χ2v) is 7.12. The number of nitrogens with zero attached hydrogens (tertiary/aromatic N) is 4. The highest BCUT2D eigenvalue weighted by Crippen LogP contribution is 2.31. The molecule has 3 rings (SSSR count). The van der Waals surface area contributed by atoms with Crippen LogP contribution in [0.2, 0.25) is 0 Å². The molecule has 2 aliphatic heterocycles. The molecule has 1 atom stereocenters. The molecule has 2 fully saturated rings. The summed E-state index contributed by atoms with van der Waals surface area (Å²) in [7, 11) is 2.12. The van der Waals surface area contributed by atoms with E-state index in [1.165, 1.54) is 11.3 Å². The maximum absolute atomic E-state index is 12.6. The van der Waals surface area contributed by atoms with E-state index < -0.39 is 0 Å². The number of carbonyl (C=O) groups excluding carboxylic acids is 1. The Bertz CT molecular complexity index is 523. The van der Waals surface area contributed by atoms with Gasteiger partial charge in [0, 0.05) is 39.3 Å². The molecule has 0 saturated carbocycles. The van der Waals surface area contributed by atoms with Crippen molar-refractivity contribution in [2.24, 2.45) is 5.92 Å². The Labute approximate surface area is 129 Å². The minimum atomic E-state index is 0.0507. The number of thiazole rings is 1. The monoisotopic (exact) mass is 309 g/mol. The van der Waals surface area contributed by atoms with E-state index in [-0.39, 0.29) is 5.91 Å². The number of likely N-dealkylation sites (tertiary alicyclic amines) is 1. The molecule has 1 aromatic heterocycles. The molecule has 7 heteroatoms. The first-order valence-corrected chi connectivity index (χ1v) is 8.35. The van der Waals surface area contributed by atoms with Gasteiger partial charge in [-0.1, -0.05) is 18.3 Å². The minimum Gasteiger partial charge on any atom is -0.382 e. The first kappa shape index (κ1) is 14.6. The Morgan fingerprint density at radius 3 is 2.62 bits per heavy atom. The standard InChI is InChI=1S/C14H23N5OS/c1-10-3-4-19(9-10)13(20)11-12(15)16-14(21-11)18-7-5-17(2)6-8-18/h10H,3-9,15H2,1-2H3. The van der Waals surface area contributed by atoms with Crippen LogP contribution in [-0.2, 0) is 0 Å². The van der Waals surface area contributed by atoms with Crippen LogP contribution in [0.1, 0.15) is 23.0 Å². The molecular weight excluding hydrogens is 286 g/mol. The van der Waals surface area contributed by atoms with Gasteiger partial charge in [0.15, 0.2) is 5.13 Å². The lowest BCUT2D eigenvalue weighted by atomic mass is 10.2. The number of hydrogen-bond donors (Lipinski definition) is 1. The summed E-state index contributed by atoms with van der Waals surface area (Å²) in [5.41, 5.74) is 5.99. The van der Waals surface area contributed by atoms with Crippen molar-refractivity contribution in [2.45, 2.75) is 13.3 Å². The normalized spacial score (nSPS) is 23.8. The zero-order valence-electron chi connectivity index (χ0n) is 12.7. The minimum absolute atomic E-state index is 0.0507. The molecule has 6 nitrogen and oxygen atoms in total. The Kier molecular flexibility index (Phi) is 4.03. The summed E-state index contributed by atoms with van der Waals surface area (Å²) in [4.78, 5) is 24.0. The van der Waals surface area contributed by atoms with Crippen LogP contribution in [0.5, 0.6) is 0 Å². The fourth-order valence-corrected chi connectivity index (χ4v) is 3.87. The molecule has 2 N–H and O–H groups in total. The third-order valence-electron chi connectivity index (χ3n) is 4.32. The predicted molar refractivity (Wildman–Crippen MR) is 85.9 cm³/mol. The molecule has 0 aliphatic carbocycles. The highest BCUT2D eigenvalue weighted by molar-refractivity contribution is 7.18. The van der Waals surface area contributed by atoms with Crippen molar-refractivity contribution >= 4 is 28.2 Å². The van der Waals surface area contributed by atoms with Gasteiger partial charge < -0.3 is 20.4 Å². The number of piperazine rings is 1. The number of nitrogen functional groups attached to an aromatic ring is 1. The maximum atomic E-state index is 12.6. The molecule has 1 unspecified atom stereocenters. The fraction of sp³-hybridized carbons (Fsp3) is 0.714. The van der Waals surface area contributed by atoms with Crippen LogP contribution < -0.4 is 10.6 Å². The van der Waals surface area contributed by atoms with Gasteiger partial charge in [0.2, 0.25) is 0 Å². The molecule has 1 amide bonds. The molecule has 21 heavy (non-hydrogen) atoms. The average Bonchev–Trinajstić information content (AvgIpc) is 3.05. The molecule has 116 valence electrons. The molecular formula is C14H23N5OS. The van der Waals surface area contributed by atoms with Crippen LogP contribution in [0.4, 0.5) is 10.9 Å². The largest absolute Gasteiger partial charge is 0.382 e. The number of anilines is 2. The van der Waals surface area contributed by atoms with E-state index >= 15 is 0 Å². The van der Waals surface area contributed by atoms with Crippen molar-refractivity contribution in [3.8, 4) is 0 Å². The summed E-state index contributed by atoms with van der Waals surface area (Å²) in [5, 5.41) is 0.885. The third kappa shape index (κ3) is 2.98. The number of amides is 1. The van der Waals surface area contributed by atoms with Gasteiger partial charge in [-0.05, 0) is 19.4 Å². The maximum Gasteiger partial charge on any atom is 0.267 e. The summed E-state index contributed by atoms with van der Waals surface area (Å²) < 4.78 is 0. The summed E-state index contributed by atoms with van der Waals surface area (Å²) >= 11 is 1.44. The van der Waals surface area contributed by atoms with Crippen LogP contribution in [-0.4, -0.2) is 67.0 Å². The van der Waals surface area contributed by atoms with Crippen molar-refractivity contribution < 1.29 is 4.79 Å². The highest BCUT2D eigenvalue weighted by Gasteiger charge is 2.28. The Morgan fingerprint density at radius 2 is 2.00 bits per heavy atom. The third-order valence-corrected chi connectivity index (χ3v) is 5.44. The van der Waals surface area contributed by atoms with Crippen molar-refractivity contribution in [2.75, 3.05) is 56.9 Å². The summed E-state index contributed by atoms with van der Waals surface area (Å²) in [6.07, 6.45) is 1.08. The molecule has 2 saturated heterocycles. The second-order valence-electron chi connectivity index (χ2n) is 6.15. The number of rotatable bonds is 2.